The van der Waals surface area contributed by atoms with E-state index in [9.17, 15) is 22.8 Å². The first-order valence-corrected chi connectivity index (χ1v) is 21.1. The molecule has 0 saturated carbocycles. The summed E-state index contributed by atoms with van der Waals surface area (Å²) in [5, 5.41) is 7.45. The lowest BCUT2D eigenvalue weighted by atomic mass is 9.96. The number of hydrogen-bond donors (Lipinski definition) is 0. The van der Waals surface area contributed by atoms with E-state index in [1.54, 1.807) is 33.5 Å². The highest BCUT2D eigenvalue weighted by molar-refractivity contribution is 6.99. The Kier molecular flexibility index (Phi) is 10.7. The molecule has 292 valence electrons. The van der Waals surface area contributed by atoms with Gasteiger partial charge in [0.2, 0.25) is 0 Å². The number of carbonyl (C=O) groups excluding carboxylic acids is 2. The zero-order chi connectivity index (χ0) is 40.2. The highest BCUT2D eigenvalue weighted by Crippen LogP contribution is 2.40. The van der Waals surface area contributed by atoms with E-state index < -0.39 is 38.2 Å². The molecule has 3 aromatic carbocycles. The second kappa shape index (κ2) is 15.1. The topological polar surface area (TPSA) is 80.6 Å². The lowest BCUT2D eigenvalue weighted by Crippen LogP contribution is -2.67. The first-order chi connectivity index (χ1) is 26.5. The molecule has 0 aliphatic carbocycles. The Morgan fingerprint density at radius 3 is 2.18 bits per heavy atom. The van der Waals surface area contributed by atoms with Gasteiger partial charge >= 0.3 is 6.18 Å². The molecule has 2 aliphatic rings. The van der Waals surface area contributed by atoms with Crippen LogP contribution in [0.25, 0.3) is 0 Å². The molecule has 56 heavy (non-hydrogen) atoms. The molecule has 2 aliphatic heterocycles. The lowest BCUT2D eigenvalue weighted by molar-refractivity contribution is -0.141. The first-order valence-electron chi connectivity index (χ1n) is 18.5. The minimum Gasteiger partial charge on any atom is -0.405 e. The summed E-state index contributed by atoms with van der Waals surface area (Å²) in [6.45, 7) is 10.6. The van der Waals surface area contributed by atoms with Crippen molar-refractivity contribution in [1.29, 1.82) is 0 Å². The fourth-order valence-electron chi connectivity index (χ4n) is 8.13. The van der Waals surface area contributed by atoms with Crippen LogP contribution in [0.5, 0.6) is 0 Å². The zero-order valence-electron chi connectivity index (χ0n) is 31.6. The largest absolute Gasteiger partial charge is 0.433 e. The number of hydrogen-bond acceptors (Lipinski definition) is 5. The predicted octanol–water partition coefficient (Wildman–Crippen LogP) is 8.53. The number of amides is 2. The van der Waals surface area contributed by atoms with Gasteiger partial charge in [-0.3, -0.25) is 19.3 Å². The third kappa shape index (κ3) is 7.16. The van der Waals surface area contributed by atoms with Gasteiger partial charge in [-0.2, -0.15) is 18.3 Å². The minimum atomic E-state index is -4.66. The average Bonchev–Trinajstić information content (AvgIpc) is 3.55. The van der Waals surface area contributed by atoms with E-state index >= 15 is 0 Å². The van der Waals surface area contributed by atoms with Gasteiger partial charge in [0, 0.05) is 36.3 Å². The Hall–Kier alpha value is -4.49. The Balaban J connectivity index is 1.32. The molecular weight excluding hydrogens is 778 g/mol. The van der Waals surface area contributed by atoms with Crippen molar-refractivity contribution >= 4 is 53.7 Å². The Morgan fingerprint density at radius 2 is 1.59 bits per heavy atom. The van der Waals surface area contributed by atoms with Crippen LogP contribution in [0.3, 0.4) is 0 Å². The summed E-state index contributed by atoms with van der Waals surface area (Å²) in [6, 6.07) is 26.0. The van der Waals surface area contributed by atoms with Crippen molar-refractivity contribution in [2.75, 3.05) is 13.2 Å². The van der Waals surface area contributed by atoms with E-state index in [1.807, 2.05) is 43.3 Å². The monoisotopic (exact) mass is 819 g/mol. The predicted molar refractivity (Wildman–Crippen MR) is 213 cm³/mol. The van der Waals surface area contributed by atoms with Gasteiger partial charge in [0.1, 0.15) is 11.4 Å². The van der Waals surface area contributed by atoms with Crippen molar-refractivity contribution in [2.24, 2.45) is 0 Å². The summed E-state index contributed by atoms with van der Waals surface area (Å²) in [5.41, 5.74) is 1.18. The maximum Gasteiger partial charge on any atom is 0.433 e. The average molecular weight is 821 g/mol. The number of pyridine rings is 1. The molecule has 0 spiro atoms. The molecule has 1 unspecified atom stereocenters. The van der Waals surface area contributed by atoms with Crippen molar-refractivity contribution < 1.29 is 27.2 Å². The van der Waals surface area contributed by atoms with E-state index in [0.29, 0.717) is 33.8 Å². The zero-order valence-corrected chi connectivity index (χ0v) is 34.2. The minimum absolute atomic E-state index is 0.0919. The molecule has 2 aromatic heterocycles. The van der Waals surface area contributed by atoms with Crippen LogP contribution in [0.2, 0.25) is 15.1 Å². The molecule has 0 radical (unpaired) electrons. The Morgan fingerprint density at radius 1 is 0.946 bits per heavy atom. The third-order valence-corrected chi connectivity index (χ3v) is 16.8. The summed E-state index contributed by atoms with van der Waals surface area (Å²) in [5.74, 6) is -0.673. The maximum atomic E-state index is 14.8. The molecule has 5 aromatic rings. The van der Waals surface area contributed by atoms with Crippen molar-refractivity contribution in [1.82, 2.24) is 24.6 Å². The quantitative estimate of drug-likeness (QED) is 0.147. The maximum absolute atomic E-state index is 14.8. The fourth-order valence-corrected chi connectivity index (χ4v) is 13.0. The summed E-state index contributed by atoms with van der Waals surface area (Å²) in [6.07, 6.45) is -3.16. The summed E-state index contributed by atoms with van der Waals surface area (Å²) in [7, 11) is -3.06. The van der Waals surface area contributed by atoms with Crippen molar-refractivity contribution in [2.45, 2.75) is 76.9 Å². The first kappa shape index (κ1) is 39.7. The number of halogens is 5. The fraction of sp³-hybridized carbons (Fsp3) is 0.333. The van der Waals surface area contributed by atoms with Gasteiger partial charge in [-0.05, 0) is 65.2 Å². The molecule has 3 atom stereocenters. The van der Waals surface area contributed by atoms with E-state index in [4.69, 9.17) is 32.7 Å². The van der Waals surface area contributed by atoms with Crippen molar-refractivity contribution in [3.63, 3.8) is 0 Å². The van der Waals surface area contributed by atoms with Crippen LogP contribution in [0.1, 0.15) is 90.1 Å². The molecule has 14 heteroatoms. The Bertz CT molecular complexity index is 2230. The van der Waals surface area contributed by atoms with Crippen LogP contribution in [-0.4, -0.2) is 63.9 Å². The number of benzene rings is 3. The summed E-state index contributed by atoms with van der Waals surface area (Å²) >= 11 is 12.4. The normalized spacial score (nSPS) is 18.1. The molecule has 8 nitrogen and oxygen atoms in total. The van der Waals surface area contributed by atoms with Crippen LogP contribution in [-0.2, 0) is 23.6 Å². The van der Waals surface area contributed by atoms with E-state index in [2.05, 4.69) is 50.0 Å². The van der Waals surface area contributed by atoms with E-state index in [-0.39, 0.29) is 47.4 Å². The van der Waals surface area contributed by atoms with Crippen molar-refractivity contribution in [3.05, 3.63) is 141 Å². The molecule has 0 fully saturated rings. The molecule has 0 N–H and O–H groups in total. The summed E-state index contributed by atoms with van der Waals surface area (Å²) < 4.78 is 50.6. The number of nitrogens with zero attached hydrogens (tertiary/aromatic N) is 5. The van der Waals surface area contributed by atoms with Gasteiger partial charge in [0.15, 0.2) is 0 Å². The number of rotatable bonds is 8. The van der Waals surface area contributed by atoms with Crippen LogP contribution in [0.4, 0.5) is 13.2 Å². The van der Waals surface area contributed by atoms with Gasteiger partial charge < -0.3 is 14.2 Å². The van der Waals surface area contributed by atoms with Gasteiger partial charge in [-0.15, -0.1) is 0 Å². The van der Waals surface area contributed by atoms with E-state index in [1.165, 1.54) is 12.1 Å². The molecular formula is C42H42Cl2F3N5O3Si. The SMILES string of the molecule is CC(c1ccnc(C(F)(F)F)c1)N1C[C@@H](CO[Si](c2ccccc2)(c2ccccc2)C(C)(C)C)n2nc3c(c2C1=O)CN(C(=O)c1ccc(Cl)c(Cl)c1)[C@H](C)C3. The highest BCUT2D eigenvalue weighted by atomic mass is 35.5. The highest BCUT2D eigenvalue weighted by Gasteiger charge is 2.51. The summed E-state index contributed by atoms with van der Waals surface area (Å²) in [4.78, 5) is 35.5. The van der Waals surface area contributed by atoms with Crippen LogP contribution in [0.15, 0.2) is 97.2 Å². The second-order valence-electron chi connectivity index (χ2n) is 15.6. The molecule has 4 heterocycles. The standard InChI is InChI=1S/C42H42Cl2F3N5O3Si/c1-26-20-36-33(24-50(26)39(53)29-16-17-34(43)35(44)21-29)38-40(54)51(27(2)28-18-19-48-37(22-28)42(45,46)47)23-30(52(38)49-36)25-55-56(41(3,4)5,31-12-8-6-9-13-31)32-14-10-7-11-15-32/h6-19,21-22,26-27,30H,20,23-25H2,1-5H3/t26-,27?,30+/m1/s1. The smallest absolute Gasteiger partial charge is 0.405 e. The van der Waals surface area contributed by atoms with Crippen LogP contribution in [0, 0.1) is 0 Å². The van der Waals surface area contributed by atoms with Crippen LogP contribution >= 0.6 is 23.2 Å². The lowest BCUT2D eigenvalue weighted by Gasteiger charge is -2.45. The second-order valence-corrected chi connectivity index (χ2v) is 20.7. The molecule has 0 saturated heterocycles. The van der Waals surface area contributed by atoms with E-state index in [0.717, 1.165) is 22.6 Å². The number of carbonyl (C=O) groups is 2. The van der Waals surface area contributed by atoms with Crippen LogP contribution < -0.4 is 10.4 Å². The van der Waals surface area contributed by atoms with Gasteiger partial charge in [-0.25, -0.2) is 0 Å². The molecule has 2 amide bonds. The third-order valence-electron chi connectivity index (χ3n) is 11.0. The van der Waals surface area contributed by atoms with Gasteiger partial charge in [0.25, 0.3) is 20.1 Å². The van der Waals surface area contributed by atoms with Gasteiger partial charge in [-0.1, -0.05) is 105 Å². The molecule has 7 rings (SSSR count). The number of alkyl halides is 3. The van der Waals surface area contributed by atoms with Crippen molar-refractivity contribution in [3.8, 4) is 0 Å². The molecule has 0 bridgehead atoms. The number of fused-ring (bicyclic) bond motifs is 3. The number of aromatic nitrogens is 3. The van der Waals surface area contributed by atoms with Gasteiger partial charge in [0.05, 0.1) is 41.0 Å². The Labute approximate surface area is 335 Å².